The summed E-state index contributed by atoms with van der Waals surface area (Å²) in [5.74, 6) is 0.588. The molecule has 0 saturated heterocycles. The summed E-state index contributed by atoms with van der Waals surface area (Å²) in [6.45, 7) is 1.99. The maximum absolute atomic E-state index is 10.4. The molecule has 0 spiro atoms. The van der Waals surface area contributed by atoms with Gasteiger partial charge >= 0.3 is 5.97 Å². The van der Waals surface area contributed by atoms with Crippen LogP contribution in [0.5, 0.6) is 0 Å². The van der Waals surface area contributed by atoms with Crippen molar-refractivity contribution in [1.82, 2.24) is 0 Å². The third kappa shape index (κ3) is 4.93. The van der Waals surface area contributed by atoms with Crippen LogP contribution >= 0.6 is 11.8 Å². The molecule has 0 aliphatic heterocycles. The number of aliphatic carboxylic acids is 1. The van der Waals surface area contributed by atoms with E-state index in [0.717, 1.165) is 5.75 Å². The fraction of sp³-hybridized carbons (Fsp3) is 0.714. The molecule has 0 fully saturated rings. The predicted octanol–water partition coefficient (Wildman–Crippen LogP) is 0.919. The van der Waals surface area contributed by atoms with Gasteiger partial charge in [0.1, 0.15) is 0 Å². The third-order valence-corrected chi connectivity index (χ3v) is 2.17. The van der Waals surface area contributed by atoms with Gasteiger partial charge in [0.15, 0.2) is 6.04 Å². The molecule has 12 heavy (non-hydrogen) atoms. The van der Waals surface area contributed by atoms with Crippen LogP contribution in [0.4, 0.5) is 0 Å². The zero-order valence-electron chi connectivity index (χ0n) is 6.82. The van der Waals surface area contributed by atoms with Gasteiger partial charge in [-0.1, -0.05) is 6.92 Å². The Kier molecular flexibility index (Phi) is 6.42. The van der Waals surface area contributed by atoms with E-state index in [0.29, 0.717) is 12.2 Å². The SMILES string of the molecule is CCSCCC(N=C=O)C(=O)O. The molecule has 1 unspecified atom stereocenters. The fourth-order valence-electron chi connectivity index (χ4n) is 0.646. The van der Waals surface area contributed by atoms with Crippen molar-refractivity contribution in [3.63, 3.8) is 0 Å². The first-order valence-electron chi connectivity index (χ1n) is 3.60. The van der Waals surface area contributed by atoms with Gasteiger partial charge in [-0.15, -0.1) is 0 Å². The molecule has 4 nitrogen and oxygen atoms in total. The molecule has 0 bridgehead atoms. The van der Waals surface area contributed by atoms with E-state index in [1.165, 1.54) is 6.08 Å². The van der Waals surface area contributed by atoms with Crippen molar-refractivity contribution in [2.24, 2.45) is 4.99 Å². The van der Waals surface area contributed by atoms with Crippen LogP contribution in [0.3, 0.4) is 0 Å². The number of thioether (sulfide) groups is 1. The maximum Gasteiger partial charge on any atom is 0.329 e. The topological polar surface area (TPSA) is 66.7 Å². The fourth-order valence-corrected chi connectivity index (χ4v) is 1.32. The summed E-state index contributed by atoms with van der Waals surface area (Å²) >= 11 is 1.63. The first-order chi connectivity index (χ1) is 5.72. The molecule has 1 N–H and O–H groups in total. The van der Waals surface area contributed by atoms with E-state index in [9.17, 15) is 9.59 Å². The van der Waals surface area contributed by atoms with Crippen LogP contribution in [0.15, 0.2) is 4.99 Å². The first-order valence-corrected chi connectivity index (χ1v) is 4.75. The van der Waals surface area contributed by atoms with Gasteiger partial charge in [-0.3, -0.25) is 0 Å². The number of carboxylic acids is 1. The summed E-state index contributed by atoms with van der Waals surface area (Å²) in [5.41, 5.74) is 0. The Morgan fingerprint density at radius 1 is 1.75 bits per heavy atom. The number of carboxylic acid groups (broad SMARTS) is 1. The first kappa shape index (κ1) is 11.2. The molecule has 0 aliphatic carbocycles. The zero-order chi connectivity index (χ0) is 9.40. The molecular formula is C7H11NO3S. The molecule has 5 heteroatoms. The van der Waals surface area contributed by atoms with Crippen molar-refractivity contribution in [3.05, 3.63) is 0 Å². The van der Waals surface area contributed by atoms with E-state index in [2.05, 4.69) is 4.99 Å². The molecule has 0 rings (SSSR count). The van der Waals surface area contributed by atoms with Crippen molar-refractivity contribution in [3.8, 4) is 0 Å². The smallest absolute Gasteiger partial charge is 0.329 e. The molecule has 0 aromatic rings. The van der Waals surface area contributed by atoms with Gasteiger partial charge in [-0.05, 0) is 17.9 Å². The Morgan fingerprint density at radius 3 is 2.83 bits per heavy atom. The molecule has 0 amide bonds. The second kappa shape index (κ2) is 6.88. The van der Waals surface area contributed by atoms with Gasteiger partial charge in [0.05, 0.1) is 0 Å². The number of carbonyl (C=O) groups is 1. The van der Waals surface area contributed by atoms with Crippen molar-refractivity contribution in [1.29, 1.82) is 0 Å². The lowest BCUT2D eigenvalue weighted by Crippen LogP contribution is -2.18. The summed E-state index contributed by atoms with van der Waals surface area (Å²) in [6, 6.07) is -0.915. The minimum absolute atomic E-state index is 0.392. The maximum atomic E-state index is 10.4. The normalized spacial score (nSPS) is 11.8. The number of aliphatic imine (C=N–C) groups is 1. The Balaban J connectivity index is 3.79. The van der Waals surface area contributed by atoms with Gasteiger partial charge in [0, 0.05) is 0 Å². The van der Waals surface area contributed by atoms with E-state index in [1.807, 2.05) is 6.92 Å². The Hall–Kier alpha value is -0.800. The van der Waals surface area contributed by atoms with Crippen LogP contribution in [0, 0.1) is 0 Å². The lowest BCUT2D eigenvalue weighted by molar-refractivity contribution is -0.138. The summed E-state index contributed by atoms with van der Waals surface area (Å²) in [7, 11) is 0. The molecule has 0 aromatic heterocycles. The molecule has 1 atom stereocenters. The molecule has 0 aromatic carbocycles. The van der Waals surface area contributed by atoms with Crippen molar-refractivity contribution in [2.75, 3.05) is 11.5 Å². The van der Waals surface area contributed by atoms with Crippen LogP contribution in [-0.2, 0) is 9.59 Å². The lowest BCUT2D eigenvalue weighted by atomic mass is 10.2. The van der Waals surface area contributed by atoms with Gasteiger partial charge in [0.2, 0.25) is 6.08 Å². The van der Waals surface area contributed by atoms with Gasteiger partial charge < -0.3 is 5.11 Å². The van der Waals surface area contributed by atoms with Crippen LogP contribution in [0.1, 0.15) is 13.3 Å². The summed E-state index contributed by atoms with van der Waals surface area (Å²) in [5, 5.41) is 8.52. The molecule has 0 saturated carbocycles. The predicted molar refractivity (Wildman–Crippen MR) is 47.2 cm³/mol. The lowest BCUT2D eigenvalue weighted by Gasteiger charge is -2.02. The zero-order valence-corrected chi connectivity index (χ0v) is 7.63. The quantitative estimate of drug-likeness (QED) is 0.383. The van der Waals surface area contributed by atoms with Crippen LogP contribution in [0.25, 0.3) is 0 Å². The summed E-state index contributed by atoms with van der Waals surface area (Å²) in [6.07, 6.45) is 1.65. The number of carbonyl (C=O) groups excluding carboxylic acids is 1. The molecule has 68 valence electrons. The number of hydrogen-bond acceptors (Lipinski definition) is 4. The van der Waals surface area contributed by atoms with E-state index in [4.69, 9.17) is 5.11 Å². The van der Waals surface area contributed by atoms with E-state index in [1.54, 1.807) is 11.8 Å². The molecular weight excluding hydrogens is 178 g/mol. The largest absolute Gasteiger partial charge is 0.480 e. The second-order valence-electron chi connectivity index (χ2n) is 2.06. The molecule has 0 radical (unpaired) electrons. The number of hydrogen-bond donors (Lipinski definition) is 1. The van der Waals surface area contributed by atoms with Crippen molar-refractivity contribution < 1.29 is 14.7 Å². The highest BCUT2D eigenvalue weighted by Gasteiger charge is 2.14. The highest BCUT2D eigenvalue weighted by atomic mass is 32.2. The Morgan fingerprint density at radius 2 is 2.42 bits per heavy atom. The average molecular weight is 189 g/mol. The van der Waals surface area contributed by atoms with Gasteiger partial charge in [-0.25, -0.2) is 9.59 Å². The highest BCUT2D eigenvalue weighted by molar-refractivity contribution is 7.99. The summed E-state index contributed by atoms with van der Waals surface area (Å²) < 4.78 is 0. The van der Waals surface area contributed by atoms with Crippen LogP contribution in [-0.4, -0.2) is 34.7 Å². The minimum Gasteiger partial charge on any atom is -0.480 e. The summed E-state index contributed by atoms with van der Waals surface area (Å²) in [4.78, 5) is 23.4. The minimum atomic E-state index is -1.06. The van der Waals surface area contributed by atoms with Crippen molar-refractivity contribution >= 4 is 23.8 Å². The number of rotatable bonds is 6. The second-order valence-corrected chi connectivity index (χ2v) is 3.45. The Labute approximate surface area is 75.1 Å². The average Bonchev–Trinajstić information content (AvgIpc) is 2.03. The monoisotopic (exact) mass is 189 g/mol. The van der Waals surface area contributed by atoms with Gasteiger partial charge in [0.25, 0.3) is 0 Å². The number of isocyanates is 1. The van der Waals surface area contributed by atoms with Gasteiger partial charge in [-0.2, -0.15) is 16.8 Å². The van der Waals surface area contributed by atoms with E-state index < -0.39 is 12.0 Å². The third-order valence-electron chi connectivity index (χ3n) is 1.23. The van der Waals surface area contributed by atoms with Crippen molar-refractivity contribution in [2.45, 2.75) is 19.4 Å². The van der Waals surface area contributed by atoms with E-state index >= 15 is 0 Å². The molecule has 0 heterocycles. The van der Waals surface area contributed by atoms with Crippen LogP contribution < -0.4 is 0 Å². The number of nitrogens with zero attached hydrogens (tertiary/aromatic N) is 1. The standard InChI is InChI=1S/C7H11NO3S/c1-2-12-4-3-6(7(10)11)8-5-9/h6H,2-4H2,1H3,(H,10,11). The molecule has 0 aliphatic rings. The highest BCUT2D eigenvalue weighted by Crippen LogP contribution is 2.06. The van der Waals surface area contributed by atoms with Crippen LogP contribution in [0.2, 0.25) is 0 Å². The van der Waals surface area contributed by atoms with E-state index in [-0.39, 0.29) is 0 Å². The Bertz CT molecular complexity index is 187.